The van der Waals surface area contributed by atoms with E-state index in [9.17, 15) is 9.59 Å². The second-order valence-corrected chi connectivity index (χ2v) is 7.93. The number of hydrogen-bond donors (Lipinski definition) is 1. The van der Waals surface area contributed by atoms with Gasteiger partial charge in [-0.1, -0.05) is 29.8 Å². The van der Waals surface area contributed by atoms with Gasteiger partial charge in [-0.25, -0.2) is 9.78 Å². The van der Waals surface area contributed by atoms with Crippen molar-refractivity contribution in [1.29, 1.82) is 0 Å². The molecule has 142 valence electrons. The van der Waals surface area contributed by atoms with Crippen molar-refractivity contribution in [2.24, 2.45) is 0 Å². The number of carboxylic acid groups (broad SMARTS) is 1. The molecule has 6 nitrogen and oxygen atoms in total. The van der Waals surface area contributed by atoms with Crippen molar-refractivity contribution in [3.63, 3.8) is 0 Å². The molecule has 1 aromatic carbocycles. The third kappa shape index (κ3) is 3.03. The van der Waals surface area contributed by atoms with E-state index in [4.69, 9.17) is 14.5 Å². The molecule has 0 saturated carbocycles. The normalized spacial score (nSPS) is 11.2. The summed E-state index contributed by atoms with van der Waals surface area (Å²) < 4.78 is 6.93. The van der Waals surface area contributed by atoms with Gasteiger partial charge in [-0.3, -0.25) is 9.36 Å². The third-order valence-electron chi connectivity index (χ3n) is 4.79. The molecular formula is C21H18N2O4S. The zero-order valence-corrected chi connectivity index (χ0v) is 16.5. The van der Waals surface area contributed by atoms with Crippen molar-refractivity contribution in [3.8, 4) is 11.4 Å². The molecule has 0 unspecified atom stereocenters. The van der Waals surface area contributed by atoms with Crippen molar-refractivity contribution in [3.05, 3.63) is 74.3 Å². The zero-order chi connectivity index (χ0) is 20.0. The number of aryl methyl sites for hydroxylation is 3. The van der Waals surface area contributed by atoms with E-state index in [-0.39, 0.29) is 17.9 Å². The van der Waals surface area contributed by atoms with Crippen molar-refractivity contribution < 1.29 is 14.3 Å². The number of hydrogen-bond acceptors (Lipinski definition) is 5. The fourth-order valence-corrected chi connectivity index (χ4v) is 4.15. The first kappa shape index (κ1) is 18.2. The maximum Gasteiger partial charge on any atom is 0.371 e. The minimum Gasteiger partial charge on any atom is -0.475 e. The van der Waals surface area contributed by atoms with Crippen LogP contribution >= 0.6 is 11.3 Å². The molecule has 1 N–H and O–H groups in total. The topological polar surface area (TPSA) is 85.3 Å². The Morgan fingerprint density at radius 2 is 1.86 bits per heavy atom. The first-order valence-corrected chi connectivity index (χ1v) is 9.56. The largest absolute Gasteiger partial charge is 0.475 e. The molecule has 0 atom stereocenters. The maximum absolute atomic E-state index is 13.3. The van der Waals surface area contributed by atoms with Gasteiger partial charge in [0.05, 0.1) is 11.9 Å². The van der Waals surface area contributed by atoms with Crippen LogP contribution in [0.1, 0.15) is 32.3 Å². The van der Waals surface area contributed by atoms with Gasteiger partial charge in [-0.05, 0) is 38.5 Å². The van der Waals surface area contributed by atoms with E-state index < -0.39 is 5.97 Å². The summed E-state index contributed by atoms with van der Waals surface area (Å²) in [4.78, 5) is 31.0. The molecule has 0 aliphatic carbocycles. The van der Waals surface area contributed by atoms with Crippen LogP contribution in [-0.4, -0.2) is 20.6 Å². The summed E-state index contributed by atoms with van der Waals surface area (Å²) in [6, 6.07) is 10.8. The van der Waals surface area contributed by atoms with E-state index in [1.165, 1.54) is 17.4 Å². The van der Waals surface area contributed by atoms with Gasteiger partial charge >= 0.3 is 5.97 Å². The molecule has 28 heavy (non-hydrogen) atoms. The minimum atomic E-state index is -1.14. The Balaban J connectivity index is 1.95. The Hall–Kier alpha value is -3.19. The van der Waals surface area contributed by atoms with E-state index in [0.29, 0.717) is 21.8 Å². The highest BCUT2D eigenvalue weighted by Crippen LogP contribution is 2.29. The molecule has 0 amide bonds. The quantitative estimate of drug-likeness (QED) is 0.555. The molecule has 3 aromatic heterocycles. The lowest BCUT2D eigenvalue weighted by atomic mass is 10.1. The van der Waals surface area contributed by atoms with E-state index in [2.05, 4.69) is 0 Å². The molecule has 0 fully saturated rings. The summed E-state index contributed by atoms with van der Waals surface area (Å²) in [7, 11) is 0. The highest BCUT2D eigenvalue weighted by atomic mass is 32.1. The van der Waals surface area contributed by atoms with Gasteiger partial charge in [0.15, 0.2) is 0 Å². The van der Waals surface area contributed by atoms with Gasteiger partial charge in [-0.15, -0.1) is 11.3 Å². The molecule has 0 aliphatic rings. The molecule has 0 saturated heterocycles. The van der Waals surface area contributed by atoms with E-state index in [0.717, 1.165) is 21.6 Å². The van der Waals surface area contributed by atoms with E-state index in [1.54, 1.807) is 10.6 Å². The Morgan fingerprint density at radius 3 is 2.50 bits per heavy atom. The van der Waals surface area contributed by atoms with E-state index in [1.807, 2.05) is 45.0 Å². The summed E-state index contributed by atoms with van der Waals surface area (Å²) in [5.41, 5.74) is 2.69. The van der Waals surface area contributed by atoms with Crippen LogP contribution in [0.15, 0.2) is 45.6 Å². The predicted molar refractivity (Wildman–Crippen MR) is 108 cm³/mol. The number of carbonyl (C=O) groups is 1. The number of carboxylic acids is 1. The second kappa shape index (κ2) is 6.76. The molecule has 3 heterocycles. The summed E-state index contributed by atoms with van der Waals surface area (Å²) in [5, 5.41) is 9.68. The van der Waals surface area contributed by atoms with Crippen LogP contribution < -0.4 is 5.56 Å². The summed E-state index contributed by atoms with van der Waals surface area (Å²) >= 11 is 1.50. The number of rotatable bonds is 4. The van der Waals surface area contributed by atoms with Gasteiger partial charge in [0.1, 0.15) is 16.4 Å². The SMILES string of the molecule is Cc1ccc(-c2nc3sc(C)c(C)c3c(=O)n2Cc2ccc(C(=O)O)o2)cc1. The molecule has 4 aromatic rings. The van der Waals surface area contributed by atoms with Gasteiger partial charge in [-0.2, -0.15) is 0 Å². The number of benzene rings is 1. The number of fused-ring (bicyclic) bond motifs is 1. The number of aromatic nitrogens is 2. The third-order valence-corrected chi connectivity index (χ3v) is 5.89. The average molecular weight is 394 g/mol. The number of furan rings is 1. The van der Waals surface area contributed by atoms with Gasteiger partial charge in [0, 0.05) is 10.4 Å². The Kier molecular flexibility index (Phi) is 4.39. The van der Waals surface area contributed by atoms with Crippen LogP contribution in [0.2, 0.25) is 0 Å². The van der Waals surface area contributed by atoms with Crippen molar-refractivity contribution in [2.75, 3.05) is 0 Å². The number of thiophene rings is 1. The molecule has 0 radical (unpaired) electrons. The molecule has 0 aliphatic heterocycles. The molecule has 0 bridgehead atoms. The first-order valence-electron chi connectivity index (χ1n) is 8.74. The maximum atomic E-state index is 13.3. The monoisotopic (exact) mass is 394 g/mol. The second-order valence-electron chi connectivity index (χ2n) is 6.73. The lowest BCUT2D eigenvalue weighted by Gasteiger charge is -2.12. The number of nitrogens with zero attached hydrogens (tertiary/aromatic N) is 2. The van der Waals surface area contributed by atoms with Gasteiger partial charge < -0.3 is 9.52 Å². The Bertz CT molecular complexity index is 1260. The van der Waals surface area contributed by atoms with Gasteiger partial charge in [0.25, 0.3) is 5.56 Å². The summed E-state index contributed by atoms with van der Waals surface area (Å²) in [5.74, 6) is -0.377. The number of aromatic carboxylic acids is 1. The molecular weight excluding hydrogens is 376 g/mol. The fraction of sp³-hybridized carbons (Fsp3) is 0.190. The fourth-order valence-electron chi connectivity index (χ4n) is 3.13. The zero-order valence-electron chi connectivity index (χ0n) is 15.6. The highest BCUT2D eigenvalue weighted by Gasteiger charge is 2.19. The molecule has 0 spiro atoms. The standard InChI is InChI=1S/C21H18N2O4S/c1-11-4-6-14(7-5-11)18-22-19-17(12(2)13(3)28-19)20(24)23(18)10-15-8-9-16(27-15)21(25)26/h4-9H,10H2,1-3H3,(H,25,26). The summed E-state index contributed by atoms with van der Waals surface area (Å²) in [6.45, 7) is 5.99. The van der Waals surface area contributed by atoms with Crippen LogP contribution in [0.3, 0.4) is 0 Å². The van der Waals surface area contributed by atoms with Crippen molar-refractivity contribution in [1.82, 2.24) is 9.55 Å². The lowest BCUT2D eigenvalue weighted by Crippen LogP contribution is -2.24. The van der Waals surface area contributed by atoms with Crippen molar-refractivity contribution >= 4 is 27.5 Å². The predicted octanol–water partition coefficient (Wildman–Crippen LogP) is 4.39. The molecule has 4 rings (SSSR count). The van der Waals surface area contributed by atoms with Crippen LogP contribution in [0.4, 0.5) is 0 Å². The smallest absolute Gasteiger partial charge is 0.371 e. The Morgan fingerprint density at radius 1 is 1.14 bits per heavy atom. The highest BCUT2D eigenvalue weighted by molar-refractivity contribution is 7.18. The Labute approximate surface area is 164 Å². The van der Waals surface area contributed by atoms with Crippen LogP contribution in [0.5, 0.6) is 0 Å². The average Bonchev–Trinajstić information content (AvgIpc) is 3.23. The minimum absolute atomic E-state index is 0.104. The van der Waals surface area contributed by atoms with Crippen LogP contribution in [-0.2, 0) is 6.54 Å². The first-order chi connectivity index (χ1) is 13.3. The van der Waals surface area contributed by atoms with Crippen molar-refractivity contribution in [2.45, 2.75) is 27.3 Å². The van der Waals surface area contributed by atoms with E-state index >= 15 is 0 Å². The molecule has 7 heteroatoms. The van der Waals surface area contributed by atoms with Crippen LogP contribution in [0.25, 0.3) is 21.6 Å². The lowest BCUT2D eigenvalue weighted by molar-refractivity contribution is 0.0660. The van der Waals surface area contributed by atoms with Crippen LogP contribution in [0, 0.1) is 20.8 Å². The summed E-state index contributed by atoms with van der Waals surface area (Å²) in [6.07, 6.45) is 0. The van der Waals surface area contributed by atoms with Gasteiger partial charge in [0.2, 0.25) is 5.76 Å².